The van der Waals surface area contributed by atoms with Crippen LogP contribution < -0.4 is 0 Å². The van der Waals surface area contributed by atoms with E-state index in [4.69, 9.17) is 4.98 Å². The Morgan fingerprint density at radius 3 is 1.65 bits per heavy atom. The Morgan fingerprint density at radius 1 is 0.609 bits per heavy atom. The zero-order valence-electron chi connectivity index (χ0n) is 12.4. The van der Waals surface area contributed by atoms with E-state index in [2.05, 4.69) is 14.5 Å². The zero-order valence-corrected chi connectivity index (χ0v) is 12.4. The van der Waals surface area contributed by atoms with E-state index in [1.807, 2.05) is 73.1 Å². The number of rotatable bonds is 3. The lowest BCUT2D eigenvalue weighted by Crippen LogP contribution is -1.97. The molecule has 0 spiro atoms. The first-order valence-electron chi connectivity index (χ1n) is 7.38. The number of pyridine rings is 3. The summed E-state index contributed by atoms with van der Waals surface area (Å²) in [4.78, 5) is 13.6. The topological polar surface area (TPSA) is 43.6 Å². The fourth-order valence-corrected chi connectivity index (χ4v) is 2.46. The molecule has 4 heteroatoms. The van der Waals surface area contributed by atoms with Crippen LogP contribution in [-0.2, 0) is 0 Å². The van der Waals surface area contributed by atoms with Crippen LogP contribution in [0.15, 0.2) is 85.5 Å². The fraction of sp³-hybridized carbons (Fsp3) is 0. The maximum absolute atomic E-state index is 4.75. The van der Waals surface area contributed by atoms with Crippen molar-refractivity contribution in [1.82, 2.24) is 19.5 Å². The molecule has 0 aliphatic carbocycles. The summed E-state index contributed by atoms with van der Waals surface area (Å²) in [7, 11) is 0. The lowest BCUT2D eigenvalue weighted by atomic mass is 10.1. The van der Waals surface area contributed by atoms with Gasteiger partial charge in [-0.25, -0.2) is 4.98 Å². The van der Waals surface area contributed by atoms with Gasteiger partial charge in [-0.15, -0.1) is 0 Å². The summed E-state index contributed by atoms with van der Waals surface area (Å²) in [5.74, 6) is 0. The van der Waals surface area contributed by atoms with E-state index < -0.39 is 0 Å². The van der Waals surface area contributed by atoms with Gasteiger partial charge in [0.25, 0.3) is 0 Å². The Kier molecular flexibility index (Phi) is 3.41. The van der Waals surface area contributed by atoms with E-state index in [1.54, 1.807) is 12.4 Å². The molecule has 0 amide bonds. The summed E-state index contributed by atoms with van der Waals surface area (Å²) in [5, 5.41) is 0. The van der Waals surface area contributed by atoms with Gasteiger partial charge in [0, 0.05) is 30.5 Å². The largest absolute Gasteiger partial charge is 0.324 e. The third-order valence-corrected chi connectivity index (χ3v) is 3.57. The molecule has 0 bridgehead atoms. The molecule has 0 fully saturated rings. The molecular weight excluding hydrogens is 284 g/mol. The Balaban J connectivity index is 1.91. The molecule has 0 unspecified atom stereocenters. The number of hydrogen-bond acceptors (Lipinski definition) is 3. The van der Waals surface area contributed by atoms with Crippen LogP contribution in [0.4, 0.5) is 0 Å². The van der Waals surface area contributed by atoms with Crippen LogP contribution in [0.25, 0.3) is 28.5 Å². The summed E-state index contributed by atoms with van der Waals surface area (Å²) < 4.78 is 2.06. The summed E-state index contributed by atoms with van der Waals surface area (Å²) in [6.07, 6.45) is 7.58. The van der Waals surface area contributed by atoms with Crippen molar-refractivity contribution >= 4 is 0 Å². The minimum Gasteiger partial charge on any atom is -0.324 e. The average Bonchev–Trinajstić information content (AvgIpc) is 3.18. The predicted octanol–water partition coefficient (Wildman–Crippen LogP) is 4.00. The van der Waals surface area contributed by atoms with Crippen molar-refractivity contribution in [2.75, 3.05) is 0 Å². The lowest BCUT2D eigenvalue weighted by Gasteiger charge is -2.09. The average molecular weight is 298 g/mol. The van der Waals surface area contributed by atoms with Crippen molar-refractivity contribution < 1.29 is 0 Å². The molecule has 0 N–H and O–H groups in total. The van der Waals surface area contributed by atoms with Crippen molar-refractivity contribution in [3.63, 3.8) is 0 Å². The van der Waals surface area contributed by atoms with Crippen molar-refractivity contribution in [2.45, 2.75) is 0 Å². The van der Waals surface area contributed by atoms with Crippen LogP contribution in [-0.4, -0.2) is 19.5 Å². The van der Waals surface area contributed by atoms with Crippen LogP contribution in [0.2, 0.25) is 0 Å². The van der Waals surface area contributed by atoms with Crippen LogP contribution in [0.1, 0.15) is 0 Å². The van der Waals surface area contributed by atoms with Crippen molar-refractivity contribution in [3.05, 3.63) is 85.5 Å². The third kappa shape index (κ3) is 2.74. The Labute approximate surface area is 134 Å². The second-order valence-corrected chi connectivity index (χ2v) is 5.12. The molecule has 4 aromatic rings. The monoisotopic (exact) mass is 298 g/mol. The summed E-state index contributed by atoms with van der Waals surface area (Å²) >= 11 is 0. The molecule has 0 atom stereocenters. The molecule has 0 aliphatic rings. The lowest BCUT2D eigenvalue weighted by molar-refractivity contribution is 1.07. The maximum Gasteiger partial charge on any atom is 0.0915 e. The normalized spacial score (nSPS) is 10.6. The SMILES string of the molecule is c1ccc(-c2cc(-n3cccc3)cc(-c3ccccn3)n2)nc1. The van der Waals surface area contributed by atoms with E-state index >= 15 is 0 Å². The van der Waals surface area contributed by atoms with E-state index in [-0.39, 0.29) is 0 Å². The van der Waals surface area contributed by atoms with Crippen LogP contribution >= 0.6 is 0 Å². The van der Waals surface area contributed by atoms with Crippen LogP contribution in [0, 0.1) is 0 Å². The number of nitrogens with zero attached hydrogens (tertiary/aromatic N) is 4. The highest BCUT2D eigenvalue weighted by Crippen LogP contribution is 2.24. The molecule has 23 heavy (non-hydrogen) atoms. The predicted molar refractivity (Wildman–Crippen MR) is 90.0 cm³/mol. The second-order valence-electron chi connectivity index (χ2n) is 5.12. The van der Waals surface area contributed by atoms with Gasteiger partial charge in [-0.1, -0.05) is 12.1 Å². The molecule has 110 valence electrons. The first-order chi connectivity index (χ1) is 11.4. The number of aromatic nitrogens is 4. The Hall–Kier alpha value is -3.27. The molecule has 0 radical (unpaired) electrons. The quantitative estimate of drug-likeness (QED) is 0.574. The van der Waals surface area contributed by atoms with Gasteiger partial charge in [-0.05, 0) is 48.5 Å². The van der Waals surface area contributed by atoms with Crippen molar-refractivity contribution in [2.24, 2.45) is 0 Å². The molecule has 4 rings (SSSR count). The standard InChI is InChI=1S/C19H14N4/c1-3-9-20-16(7-1)18-13-15(23-11-5-6-12-23)14-19(22-18)17-8-2-4-10-21-17/h1-14H. The van der Waals surface area contributed by atoms with Crippen molar-refractivity contribution in [3.8, 4) is 28.5 Å². The molecule has 0 saturated heterocycles. The van der Waals surface area contributed by atoms with E-state index in [0.29, 0.717) is 0 Å². The summed E-state index contributed by atoms with van der Waals surface area (Å²) in [6.45, 7) is 0. The molecule has 4 aromatic heterocycles. The third-order valence-electron chi connectivity index (χ3n) is 3.57. The van der Waals surface area contributed by atoms with Gasteiger partial charge in [0.2, 0.25) is 0 Å². The number of hydrogen-bond donors (Lipinski definition) is 0. The maximum atomic E-state index is 4.75. The Bertz CT molecular complexity index is 843. The van der Waals surface area contributed by atoms with E-state index in [9.17, 15) is 0 Å². The van der Waals surface area contributed by atoms with Gasteiger partial charge in [0.1, 0.15) is 0 Å². The van der Waals surface area contributed by atoms with E-state index in [1.165, 1.54) is 0 Å². The minimum atomic E-state index is 0.831. The highest BCUT2D eigenvalue weighted by Gasteiger charge is 2.09. The van der Waals surface area contributed by atoms with Gasteiger partial charge >= 0.3 is 0 Å². The Morgan fingerprint density at radius 2 is 1.17 bits per heavy atom. The molecule has 4 nitrogen and oxygen atoms in total. The molecule has 0 saturated carbocycles. The first-order valence-corrected chi connectivity index (χ1v) is 7.38. The van der Waals surface area contributed by atoms with Gasteiger partial charge in [0.05, 0.1) is 22.8 Å². The van der Waals surface area contributed by atoms with Gasteiger partial charge in [-0.3, -0.25) is 9.97 Å². The zero-order chi connectivity index (χ0) is 15.5. The second kappa shape index (κ2) is 5.85. The van der Waals surface area contributed by atoms with Crippen molar-refractivity contribution in [1.29, 1.82) is 0 Å². The molecule has 4 heterocycles. The summed E-state index contributed by atoms with van der Waals surface area (Å²) in [5.41, 5.74) is 4.39. The molecule has 0 aliphatic heterocycles. The van der Waals surface area contributed by atoms with Gasteiger partial charge in [0.15, 0.2) is 0 Å². The van der Waals surface area contributed by atoms with Crippen LogP contribution in [0.5, 0.6) is 0 Å². The molecule has 0 aromatic carbocycles. The summed E-state index contributed by atoms with van der Waals surface area (Å²) in [6, 6.07) is 19.7. The highest BCUT2D eigenvalue weighted by molar-refractivity contribution is 5.66. The van der Waals surface area contributed by atoms with Gasteiger partial charge < -0.3 is 4.57 Å². The highest BCUT2D eigenvalue weighted by atomic mass is 15.0. The minimum absolute atomic E-state index is 0.831. The molecular formula is C19H14N4. The van der Waals surface area contributed by atoms with Gasteiger partial charge in [-0.2, -0.15) is 0 Å². The smallest absolute Gasteiger partial charge is 0.0915 e. The fourth-order valence-electron chi connectivity index (χ4n) is 2.46. The first kappa shape index (κ1) is 13.4. The van der Waals surface area contributed by atoms with Crippen LogP contribution in [0.3, 0.4) is 0 Å². The van der Waals surface area contributed by atoms with E-state index in [0.717, 1.165) is 28.5 Å².